The van der Waals surface area contributed by atoms with Crippen molar-refractivity contribution in [1.29, 1.82) is 0 Å². The lowest BCUT2D eigenvalue weighted by molar-refractivity contribution is -0.137. The summed E-state index contributed by atoms with van der Waals surface area (Å²) < 4.78 is 37.7. The van der Waals surface area contributed by atoms with Crippen LogP contribution in [0.1, 0.15) is 11.1 Å². The maximum atomic E-state index is 12.6. The summed E-state index contributed by atoms with van der Waals surface area (Å²) in [6.45, 7) is -0.389. The minimum absolute atomic E-state index is 0.0792. The number of halogens is 3. The van der Waals surface area contributed by atoms with Crippen LogP contribution in [0.25, 0.3) is 0 Å². The van der Waals surface area contributed by atoms with E-state index in [9.17, 15) is 22.8 Å². The predicted octanol–water partition coefficient (Wildman–Crippen LogP) is 1.22. The molecule has 5 nitrogen and oxygen atoms in total. The Hall–Kier alpha value is -2.09. The van der Waals surface area contributed by atoms with Crippen LogP contribution in [-0.4, -0.2) is 18.5 Å². The van der Waals surface area contributed by atoms with Crippen LogP contribution in [0.15, 0.2) is 18.2 Å². The molecule has 0 bridgehead atoms. The fourth-order valence-electron chi connectivity index (χ4n) is 1.81. The number of anilines is 1. The number of rotatable bonds is 2. The molecule has 2 rings (SSSR count). The summed E-state index contributed by atoms with van der Waals surface area (Å²) in [4.78, 5) is 23.8. The van der Waals surface area contributed by atoms with E-state index in [0.717, 1.165) is 23.1 Å². The summed E-state index contributed by atoms with van der Waals surface area (Å²) in [5.41, 5.74) is 4.68. The van der Waals surface area contributed by atoms with Gasteiger partial charge >= 0.3 is 12.2 Å². The fourth-order valence-corrected chi connectivity index (χ4v) is 1.81. The Labute approximate surface area is 106 Å². The van der Waals surface area contributed by atoms with E-state index in [4.69, 9.17) is 5.73 Å². The summed E-state index contributed by atoms with van der Waals surface area (Å²) in [7, 11) is 0. The smallest absolute Gasteiger partial charge is 0.328 e. The molecule has 1 aromatic carbocycles. The Morgan fingerprint density at radius 1 is 1.32 bits per heavy atom. The van der Waals surface area contributed by atoms with Gasteiger partial charge in [-0.2, -0.15) is 13.2 Å². The molecule has 0 unspecified atom stereocenters. The number of benzene rings is 1. The molecular weight excluding hydrogens is 263 g/mol. The van der Waals surface area contributed by atoms with Crippen LogP contribution in [0.3, 0.4) is 0 Å². The van der Waals surface area contributed by atoms with Gasteiger partial charge in [-0.25, -0.2) is 9.69 Å². The highest BCUT2D eigenvalue weighted by atomic mass is 19.4. The van der Waals surface area contributed by atoms with E-state index in [1.165, 1.54) is 0 Å². The monoisotopic (exact) mass is 273 g/mol. The van der Waals surface area contributed by atoms with Crippen molar-refractivity contribution < 1.29 is 22.8 Å². The van der Waals surface area contributed by atoms with Crippen molar-refractivity contribution >= 4 is 17.6 Å². The standard InChI is InChI=1S/C11H10F3N3O2/c12-11(13,14)7-1-2-8(6(3-7)4-15)17-9(18)5-16-10(17)19/h1-3H,4-5,15H2,(H,16,19). The van der Waals surface area contributed by atoms with E-state index in [2.05, 4.69) is 5.32 Å². The topological polar surface area (TPSA) is 75.4 Å². The van der Waals surface area contributed by atoms with E-state index in [0.29, 0.717) is 0 Å². The van der Waals surface area contributed by atoms with E-state index in [-0.39, 0.29) is 24.3 Å². The summed E-state index contributed by atoms with van der Waals surface area (Å²) in [5.74, 6) is -0.528. The molecule has 1 aliphatic heterocycles. The number of nitrogens with zero attached hydrogens (tertiary/aromatic N) is 1. The number of urea groups is 1. The molecule has 1 aliphatic rings. The minimum Gasteiger partial charge on any atom is -0.328 e. The van der Waals surface area contributed by atoms with E-state index in [1.807, 2.05) is 0 Å². The van der Waals surface area contributed by atoms with Crippen molar-refractivity contribution in [2.45, 2.75) is 12.7 Å². The Morgan fingerprint density at radius 3 is 2.47 bits per heavy atom. The molecule has 3 N–H and O–H groups in total. The second kappa shape index (κ2) is 4.54. The highest BCUT2D eigenvalue weighted by Gasteiger charge is 2.34. The van der Waals surface area contributed by atoms with Gasteiger partial charge in [-0.15, -0.1) is 0 Å². The maximum Gasteiger partial charge on any atom is 0.416 e. The van der Waals surface area contributed by atoms with Crippen LogP contribution in [0.5, 0.6) is 0 Å². The molecule has 0 spiro atoms. The van der Waals surface area contributed by atoms with Crippen LogP contribution in [0, 0.1) is 0 Å². The van der Waals surface area contributed by atoms with Gasteiger partial charge in [-0.05, 0) is 23.8 Å². The van der Waals surface area contributed by atoms with Gasteiger partial charge < -0.3 is 11.1 Å². The number of alkyl halides is 3. The summed E-state index contributed by atoms with van der Waals surface area (Å²) in [5, 5.41) is 2.29. The lowest BCUT2D eigenvalue weighted by Gasteiger charge is -2.18. The summed E-state index contributed by atoms with van der Waals surface area (Å²) in [6, 6.07) is 2.06. The number of amides is 3. The molecule has 0 radical (unpaired) electrons. The molecule has 0 saturated carbocycles. The van der Waals surface area contributed by atoms with Crippen molar-refractivity contribution in [2.75, 3.05) is 11.4 Å². The minimum atomic E-state index is -4.50. The predicted molar refractivity (Wildman–Crippen MR) is 60.2 cm³/mol. The van der Waals surface area contributed by atoms with Crippen molar-refractivity contribution in [1.82, 2.24) is 5.32 Å². The Morgan fingerprint density at radius 2 is 2.00 bits per heavy atom. The Balaban J connectivity index is 2.47. The average molecular weight is 273 g/mol. The second-order valence-corrected chi connectivity index (χ2v) is 3.93. The normalized spacial score (nSPS) is 15.9. The molecule has 1 saturated heterocycles. The lowest BCUT2D eigenvalue weighted by atomic mass is 10.1. The highest BCUT2D eigenvalue weighted by molar-refractivity contribution is 6.20. The molecule has 0 aliphatic carbocycles. The van der Waals surface area contributed by atoms with Gasteiger partial charge in [-0.1, -0.05) is 0 Å². The number of nitrogens with two attached hydrogens (primary N) is 1. The van der Waals surface area contributed by atoms with Crippen LogP contribution in [-0.2, 0) is 17.5 Å². The quantitative estimate of drug-likeness (QED) is 0.795. The Bertz CT molecular complexity index is 526. The fraction of sp³-hybridized carbons (Fsp3) is 0.273. The first-order valence-electron chi connectivity index (χ1n) is 5.35. The van der Waals surface area contributed by atoms with Crippen molar-refractivity contribution in [3.8, 4) is 0 Å². The Kier molecular flexibility index (Phi) is 3.19. The van der Waals surface area contributed by atoms with Crippen LogP contribution >= 0.6 is 0 Å². The molecular formula is C11H10F3N3O2. The van der Waals surface area contributed by atoms with Crippen molar-refractivity contribution in [2.24, 2.45) is 5.73 Å². The zero-order valence-electron chi connectivity index (χ0n) is 9.62. The molecule has 102 valence electrons. The van der Waals surface area contributed by atoms with Gasteiger partial charge in [0.15, 0.2) is 0 Å². The number of hydrogen-bond acceptors (Lipinski definition) is 3. The third-order valence-corrected chi connectivity index (χ3v) is 2.71. The van der Waals surface area contributed by atoms with Gasteiger partial charge in [0.25, 0.3) is 5.91 Å². The third-order valence-electron chi connectivity index (χ3n) is 2.71. The van der Waals surface area contributed by atoms with Crippen molar-refractivity contribution in [3.05, 3.63) is 29.3 Å². The lowest BCUT2D eigenvalue weighted by Crippen LogP contribution is -2.32. The van der Waals surface area contributed by atoms with Gasteiger partial charge in [0.1, 0.15) is 0 Å². The second-order valence-electron chi connectivity index (χ2n) is 3.93. The third kappa shape index (κ3) is 2.39. The van der Waals surface area contributed by atoms with Gasteiger partial charge in [-0.3, -0.25) is 4.79 Å². The number of nitrogens with one attached hydrogen (secondary N) is 1. The number of carbonyl (C=O) groups excluding carboxylic acids is 2. The van der Waals surface area contributed by atoms with E-state index < -0.39 is 23.7 Å². The molecule has 3 amide bonds. The van der Waals surface area contributed by atoms with Crippen LogP contribution in [0.4, 0.5) is 23.7 Å². The van der Waals surface area contributed by atoms with Crippen LogP contribution in [0.2, 0.25) is 0 Å². The van der Waals surface area contributed by atoms with Gasteiger partial charge in [0, 0.05) is 6.54 Å². The molecule has 0 aromatic heterocycles. The average Bonchev–Trinajstić information content (AvgIpc) is 2.67. The zero-order valence-corrected chi connectivity index (χ0v) is 9.62. The molecule has 1 heterocycles. The molecule has 1 aromatic rings. The van der Waals surface area contributed by atoms with Crippen LogP contribution < -0.4 is 16.0 Å². The first kappa shape index (κ1) is 13.3. The summed E-state index contributed by atoms with van der Waals surface area (Å²) in [6.07, 6.45) is -4.50. The highest BCUT2D eigenvalue weighted by Crippen LogP contribution is 2.33. The first-order valence-corrected chi connectivity index (χ1v) is 5.35. The number of hydrogen-bond donors (Lipinski definition) is 2. The van der Waals surface area contributed by atoms with Crippen molar-refractivity contribution in [3.63, 3.8) is 0 Å². The molecule has 19 heavy (non-hydrogen) atoms. The molecule has 0 atom stereocenters. The number of carbonyl (C=O) groups is 2. The van der Waals surface area contributed by atoms with E-state index in [1.54, 1.807) is 0 Å². The van der Waals surface area contributed by atoms with Gasteiger partial charge in [0.05, 0.1) is 17.8 Å². The maximum absolute atomic E-state index is 12.6. The zero-order chi connectivity index (χ0) is 14.2. The number of imide groups is 1. The van der Waals surface area contributed by atoms with Gasteiger partial charge in [0.2, 0.25) is 0 Å². The molecule has 1 fully saturated rings. The van der Waals surface area contributed by atoms with E-state index >= 15 is 0 Å². The molecule has 8 heteroatoms. The summed E-state index contributed by atoms with van der Waals surface area (Å²) >= 11 is 0. The SMILES string of the molecule is NCc1cc(C(F)(F)F)ccc1N1C(=O)CNC1=O. The first-order chi connectivity index (χ1) is 8.84. The largest absolute Gasteiger partial charge is 0.416 e.